The van der Waals surface area contributed by atoms with Crippen LogP contribution >= 0.6 is 11.6 Å². The van der Waals surface area contributed by atoms with Gasteiger partial charge in [-0.1, -0.05) is 83.9 Å². The highest BCUT2D eigenvalue weighted by Crippen LogP contribution is 2.31. The molecule has 1 aromatic heterocycles. The van der Waals surface area contributed by atoms with E-state index in [0.29, 0.717) is 24.1 Å². The maximum absolute atomic E-state index is 12.9. The molecule has 33 heavy (non-hydrogen) atoms. The zero-order valence-electron chi connectivity index (χ0n) is 18.5. The van der Waals surface area contributed by atoms with Gasteiger partial charge < -0.3 is 0 Å². The second kappa shape index (κ2) is 8.71. The lowest BCUT2D eigenvalue weighted by molar-refractivity contribution is 0.645. The van der Waals surface area contributed by atoms with E-state index in [1.54, 1.807) is 11.6 Å². The van der Waals surface area contributed by atoms with Crippen LogP contribution in [0.15, 0.2) is 88.8 Å². The SMILES string of the molecule is Cc1ccc(Cn2nc(N3C[C@@H](c4ccccc4)C(c4ccc(Cl)cc4)=N3)n(C)c2=O)cc1. The minimum atomic E-state index is -0.169. The van der Waals surface area contributed by atoms with Gasteiger partial charge in [0.2, 0.25) is 5.95 Å². The molecule has 0 unspecified atom stereocenters. The van der Waals surface area contributed by atoms with Crippen molar-refractivity contribution in [1.29, 1.82) is 0 Å². The maximum atomic E-state index is 12.9. The zero-order valence-corrected chi connectivity index (χ0v) is 19.3. The Morgan fingerprint density at radius 2 is 1.67 bits per heavy atom. The fourth-order valence-electron chi connectivity index (χ4n) is 4.13. The molecule has 4 aromatic rings. The molecule has 5 rings (SSSR count). The van der Waals surface area contributed by atoms with Crippen molar-refractivity contribution in [1.82, 2.24) is 14.3 Å². The monoisotopic (exact) mass is 457 g/mol. The average Bonchev–Trinajstić information content (AvgIpc) is 3.39. The molecule has 0 bridgehead atoms. The highest BCUT2D eigenvalue weighted by molar-refractivity contribution is 6.30. The van der Waals surface area contributed by atoms with Crippen LogP contribution in [0.3, 0.4) is 0 Å². The zero-order chi connectivity index (χ0) is 22.9. The summed E-state index contributed by atoms with van der Waals surface area (Å²) in [6.07, 6.45) is 0. The van der Waals surface area contributed by atoms with Gasteiger partial charge in [-0.3, -0.25) is 4.57 Å². The molecule has 2 heterocycles. The van der Waals surface area contributed by atoms with Gasteiger partial charge >= 0.3 is 5.69 Å². The van der Waals surface area contributed by atoms with E-state index in [-0.39, 0.29) is 11.6 Å². The van der Waals surface area contributed by atoms with Gasteiger partial charge in [0, 0.05) is 18.0 Å². The van der Waals surface area contributed by atoms with E-state index in [0.717, 1.165) is 22.4 Å². The summed E-state index contributed by atoms with van der Waals surface area (Å²) in [5, 5.41) is 12.1. The number of halogens is 1. The molecule has 0 N–H and O–H groups in total. The first-order valence-electron chi connectivity index (χ1n) is 10.9. The lowest BCUT2D eigenvalue weighted by atomic mass is 9.91. The van der Waals surface area contributed by atoms with Crippen molar-refractivity contribution in [2.24, 2.45) is 12.1 Å². The highest BCUT2D eigenvalue weighted by atomic mass is 35.5. The van der Waals surface area contributed by atoms with Gasteiger partial charge in [-0.05, 0) is 35.7 Å². The van der Waals surface area contributed by atoms with Gasteiger partial charge in [0.1, 0.15) is 0 Å². The van der Waals surface area contributed by atoms with Crippen molar-refractivity contribution in [3.63, 3.8) is 0 Å². The molecular formula is C26H24ClN5O. The summed E-state index contributed by atoms with van der Waals surface area (Å²) >= 11 is 6.11. The van der Waals surface area contributed by atoms with E-state index in [1.807, 2.05) is 78.7 Å². The Labute approximate surface area is 197 Å². The molecule has 0 saturated heterocycles. The smallest absolute Gasteiger partial charge is 0.263 e. The fourth-order valence-corrected chi connectivity index (χ4v) is 4.25. The minimum Gasteiger partial charge on any atom is -0.263 e. The summed E-state index contributed by atoms with van der Waals surface area (Å²) in [6, 6.07) is 26.1. The number of hydrogen-bond donors (Lipinski definition) is 0. The molecule has 6 nitrogen and oxygen atoms in total. The van der Waals surface area contributed by atoms with Crippen LogP contribution in [-0.4, -0.2) is 26.6 Å². The number of aryl methyl sites for hydroxylation is 1. The summed E-state index contributed by atoms with van der Waals surface area (Å²) in [5.41, 5.74) is 5.13. The Morgan fingerprint density at radius 3 is 2.36 bits per heavy atom. The number of hydrogen-bond acceptors (Lipinski definition) is 4. The summed E-state index contributed by atoms with van der Waals surface area (Å²) in [5.74, 6) is 0.571. The normalized spacial score (nSPS) is 15.7. The molecule has 0 amide bonds. The van der Waals surface area contributed by atoms with Crippen LogP contribution in [0.2, 0.25) is 5.02 Å². The van der Waals surface area contributed by atoms with Crippen LogP contribution in [0.1, 0.15) is 28.2 Å². The molecule has 7 heteroatoms. The number of anilines is 1. The number of nitrogens with zero attached hydrogens (tertiary/aromatic N) is 5. The fraction of sp³-hybridized carbons (Fsp3) is 0.192. The van der Waals surface area contributed by atoms with Crippen LogP contribution in [0.5, 0.6) is 0 Å². The quantitative estimate of drug-likeness (QED) is 0.440. The number of hydrazone groups is 1. The summed E-state index contributed by atoms with van der Waals surface area (Å²) in [4.78, 5) is 12.9. The Balaban J connectivity index is 1.51. The molecule has 1 aliphatic heterocycles. The maximum Gasteiger partial charge on any atom is 0.347 e. The first-order valence-corrected chi connectivity index (χ1v) is 11.2. The third-order valence-corrected chi connectivity index (χ3v) is 6.21. The molecule has 0 saturated carbocycles. The van der Waals surface area contributed by atoms with E-state index in [4.69, 9.17) is 16.7 Å². The van der Waals surface area contributed by atoms with E-state index in [9.17, 15) is 4.79 Å². The third-order valence-electron chi connectivity index (χ3n) is 5.96. The van der Waals surface area contributed by atoms with Gasteiger partial charge in [-0.15, -0.1) is 5.10 Å². The lowest BCUT2D eigenvalue weighted by Gasteiger charge is -2.15. The highest BCUT2D eigenvalue weighted by Gasteiger charge is 2.32. The molecule has 3 aromatic carbocycles. The van der Waals surface area contributed by atoms with Crippen LogP contribution in [0, 0.1) is 6.92 Å². The van der Waals surface area contributed by atoms with E-state index in [2.05, 4.69) is 17.2 Å². The van der Waals surface area contributed by atoms with Gasteiger partial charge in [0.25, 0.3) is 0 Å². The van der Waals surface area contributed by atoms with Crippen LogP contribution < -0.4 is 10.7 Å². The Bertz CT molecular complexity index is 1350. The molecule has 0 aliphatic carbocycles. The topological polar surface area (TPSA) is 55.4 Å². The van der Waals surface area contributed by atoms with Crippen molar-refractivity contribution in [2.45, 2.75) is 19.4 Å². The van der Waals surface area contributed by atoms with E-state index in [1.165, 1.54) is 10.2 Å². The Morgan fingerprint density at radius 1 is 0.970 bits per heavy atom. The van der Waals surface area contributed by atoms with E-state index >= 15 is 0 Å². The van der Waals surface area contributed by atoms with Crippen molar-refractivity contribution in [3.8, 4) is 0 Å². The largest absolute Gasteiger partial charge is 0.347 e. The third kappa shape index (κ3) is 4.22. The summed E-state index contributed by atoms with van der Waals surface area (Å²) in [7, 11) is 1.74. The van der Waals surface area contributed by atoms with Gasteiger partial charge in [-0.25, -0.2) is 14.5 Å². The first kappa shape index (κ1) is 21.2. The second-order valence-corrected chi connectivity index (χ2v) is 8.76. The Kier molecular flexibility index (Phi) is 5.60. The van der Waals surface area contributed by atoms with Gasteiger partial charge in [0.15, 0.2) is 0 Å². The molecule has 0 spiro atoms. The average molecular weight is 458 g/mol. The van der Waals surface area contributed by atoms with Crippen LogP contribution in [0.25, 0.3) is 0 Å². The molecule has 0 fully saturated rings. The first-order chi connectivity index (χ1) is 16.0. The predicted octanol–water partition coefficient (Wildman–Crippen LogP) is 4.60. The molecule has 1 aliphatic rings. The predicted molar refractivity (Wildman–Crippen MR) is 132 cm³/mol. The molecule has 0 radical (unpaired) electrons. The van der Waals surface area contributed by atoms with Crippen molar-refractivity contribution >= 4 is 23.3 Å². The summed E-state index contributed by atoms with van der Waals surface area (Å²) in [6.45, 7) is 3.05. The number of rotatable bonds is 5. The van der Waals surface area contributed by atoms with Gasteiger partial charge in [0.05, 0.1) is 18.8 Å². The lowest BCUT2D eigenvalue weighted by Crippen LogP contribution is -2.25. The van der Waals surface area contributed by atoms with Gasteiger partial charge in [-0.2, -0.15) is 5.10 Å². The minimum absolute atomic E-state index is 0.0460. The number of aromatic nitrogens is 3. The molecule has 1 atom stereocenters. The molecular weight excluding hydrogens is 434 g/mol. The molecule has 166 valence electrons. The van der Waals surface area contributed by atoms with E-state index < -0.39 is 0 Å². The Hall–Kier alpha value is -3.64. The standard InChI is InChI=1S/C26H24ClN5O/c1-18-8-10-19(11-9-18)16-32-26(33)30(2)25(29-32)31-17-23(20-6-4-3-5-7-20)24(28-31)21-12-14-22(27)15-13-21/h3-15,23H,16-17H2,1-2H3/t23-/m0/s1. The number of benzene rings is 3. The van der Waals surface area contributed by atoms with Crippen molar-refractivity contribution in [3.05, 3.63) is 117 Å². The summed E-state index contributed by atoms with van der Waals surface area (Å²) < 4.78 is 3.05. The van der Waals surface area contributed by atoms with Crippen molar-refractivity contribution in [2.75, 3.05) is 11.6 Å². The van der Waals surface area contributed by atoms with Crippen LogP contribution in [-0.2, 0) is 13.6 Å². The van der Waals surface area contributed by atoms with Crippen molar-refractivity contribution < 1.29 is 0 Å². The second-order valence-electron chi connectivity index (χ2n) is 8.32. The van der Waals surface area contributed by atoms with Crippen LogP contribution in [0.4, 0.5) is 5.95 Å².